The zero-order valence-electron chi connectivity index (χ0n) is 7.62. The van der Waals surface area contributed by atoms with E-state index in [1.807, 2.05) is 13.0 Å². The summed E-state index contributed by atoms with van der Waals surface area (Å²) in [4.78, 5) is 11.8. The maximum atomic E-state index is 10.5. The number of hydrogen-bond acceptors (Lipinski definition) is 3. The van der Waals surface area contributed by atoms with E-state index in [2.05, 4.69) is 16.8 Å². The number of primary amides is 1. The second-order valence-electron chi connectivity index (χ2n) is 3.03. The standard InChI is InChI=1S/C9H14N2OS/c1-7(11-6-9(10)12)5-8-3-2-4-13-8/h2-4,7,11H,5-6H2,1H3,(H2,10,12). The van der Waals surface area contributed by atoms with E-state index in [0.717, 1.165) is 6.42 Å². The molecule has 3 N–H and O–H groups in total. The predicted molar refractivity (Wildman–Crippen MR) is 54.7 cm³/mol. The van der Waals surface area contributed by atoms with Crippen molar-refractivity contribution >= 4 is 17.2 Å². The van der Waals surface area contributed by atoms with Crippen LogP contribution in [0.4, 0.5) is 0 Å². The van der Waals surface area contributed by atoms with E-state index in [1.165, 1.54) is 4.88 Å². The number of rotatable bonds is 5. The molecule has 1 heterocycles. The second kappa shape index (κ2) is 4.99. The number of carbonyl (C=O) groups excluding carboxylic acids is 1. The maximum Gasteiger partial charge on any atom is 0.231 e. The van der Waals surface area contributed by atoms with Crippen molar-refractivity contribution in [1.29, 1.82) is 0 Å². The molecule has 0 aliphatic carbocycles. The van der Waals surface area contributed by atoms with Crippen molar-refractivity contribution in [1.82, 2.24) is 5.32 Å². The van der Waals surface area contributed by atoms with Gasteiger partial charge in [0.25, 0.3) is 0 Å². The highest BCUT2D eigenvalue weighted by Crippen LogP contribution is 2.10. The summed E-state index contributed by atoms with van der Waals surface area (Å²) in [6.45, 7) is 2.30. The van der Waals surface area contributed by atoms with E-state index >= 15 is 0 Å². The SMILES string of the molecule is CC(Cc1cccs1)NCC(N)=O. The number of carbonyl (C=O) groups is 1. The predicted octanol–water partition coefficient (Wildman–Crippen LogP) is 0.754. The first-order chi connectivity index (χ1) is 6.18. The van der Waals surface area contributed by atoms with Crippen molar-refractivity contribution in [2.45, 2.75) is 19.4 Å². The molecule has 72 valence electrons. The summed E-state index contributed by atoms with van der Waals surface area (Å²) in [6.07, 6.45) is 0.949. The fraction of sp³-hybridized carbons (Fsp3) is 0.444. The van der Waals surface area contributed by atoms with E-state index in [0.29, 0.717) is 6.04 Å². The Morgan fingerprint density at radius 2 is 2.54 bits per heavy atom. The largest absolute Gasteiger partial charge is 0.369 e. The van der Waals surface area contributed by atoms with Gasteiger partial charge in [-0.05, 0) is 24.8 Å². The van der Waals surface area contributed by atoms with Crippen LogP contribution in [0.2, 0.25) is 0 Å². The molecule has 0 aromatic carbocycles. The van der Waals surface area contributed by atoms with Crippen LogP contribution in [0.5, 0.6) is 0 Å². The molecule has 1 rings (SSSR count). The monoisotopic (exact) mass is 198 g/mol. The first-order valence-electron chi connectivity index (χ1n) is 4.22. The summed E-state index contributed by atoms with van der Waals surface area (Å²) >= 11 is 1.73. The number of nitrogens with two attached hydrogens (primary N) is 1. The lowest BCUT2D eigenvalue weighted by Gasteiger charge is -2.10. The molecule has 0 saturated carbocycles. The van der Waals surface area contributed by atoms with Gasteiger partial charge in [0.05, 0.1) is 6.54 Å². The summed E-state index contributed by atoms with van der Waals surface area (Å²) in [6, 6.07) is 4.42. The van der Waals surface area contributed by atoms with Crippen molar-refractivity contribution in [2.75, 3.05) is 6.54 Å². The normalized spacial score (nSPS) is 12.7. The van der Waals surface area contributed by atoms with Crippen molar-refractivity contribution in [2.24, 2.45) is 5.73 Å². The average molecular weight is 198 g/mol. The Labute approximate surface area is 81.9 Å². The summed E-state index contributed by atoms with van der Waals surface area (Å²) in [5, 5.41) is 5.10. The van der Waals surface area contributed by atoms with Gasteiger partial charge >= 0.3 is 0 Å². The zero-order chi connectivity index (χ0) is 9.68. The van der Waals surface area contributed by atoms with Crippen molar-refractivity contribution in [3.63, 3.8) is 0 Å². The van der Waals surface area contributed by atoms with Gasteiger partial charge in [-0.25, -0.2) is 0 Å². The Bertz CT molecular complexity index is 259. The van der Waals surface area contributed by atoms with Crippen molar-refractivity contribution < 1.29 is 4.79 Å². The van der Waals surface area contributed by atoms with Gasteiger partial charge in [0.2, 0.25) is 5.91 Å². The minimum Gasteiger partial charge on any atom is -0.369 e. The summed E-state index contributed by atoms with van der Waals surface area (Å²) in [5.74, 6) is -0.307. The molecule has 4 heteroatoms. The third kappa shape index (κ3) is 4.05. The van der Waals surface area contributed by atoms with Crippen LogP contribution in [0.1, 0.15) is 11.8 Å². The van der Waals surface area contributed by atoms with Crippen molar-refractivity contribution in [3.8, 4) is 0 Å². The number of hydrogen-bond donors (Lipinski definition) is 2. The Balaban J connectivity index is 2.25. The smallest absolute Gasteiger partial charge is 0.231 e. The van der Waals surface area contributed by atoms with Gasteiger partial charge in [-0.15, -0.1) is 11.3 Å². The molecule has 0 fully saturated rings. The fourth-order valence-corrected chi connectivity index (χ4v) is 1.91. The fourth-order valence-electron chi connectivity index (χ4n) is 1.08. The van der Waals surface area contributed by atoms with Gasteiger partial charge in [-0.1, -0.05) is 6.07 Å². The minimum absolute atomic E-state index is 0.256. The van der Waals surface area contributed by atoms with Gasteiger partial charge in [0.1, 0.15) is 0 Å². The molecule has 1 amide bonds. The Morgan fingerprint density at radius 3 is 3.08 bits per heavy atom. The summed E-state index contributed by atoms with van der Waals surface area (Å²) < 4.78 is 0. The molecule has 1 unspecified atom stereocenters. The Hall–Kier alpha value is -0.870. The Morgan fingerprint density at radius 1 is 1.77 bits per heavy atom. The average Bonchev–Trinajstić information content (AvgIpc) is 2.53. The molecular weight excluding hydrogens is 184 g/mol. The Kier molecular flexibility index (Phi) is 3.92. The first kappa shape index (κ1) is 10.2. The quantitative estimate of drug-likeness (QED) is 0.733. The lowest BCUT2D eigenvalue weighted by molar-refractivity contribution is -0.117. The number of amides is 1. The summed E-state index contributed by atoms with van der Waals surface area (Å²) in [5.41, 5.74) is 5.02. The molecule has 0 saturated heterocycles. The molecule has 1 aromatic rings. The van der Waals surface area contributed by atoms with E-state index in [9.17, 15) is 4.79 Å². The molecule has 0 aliphatic rings. The second-order valence-corrected chi connectivity index (χ2v) is 4.06. The molecule has 3 nitrogen and oxygen atoms in total. The lowest BCUT2D eigenvalue weighted by atomic mass is 10.2. The van der Waals surface area contributed by atoms with Crippen LogP contribution in [0.25, 0.3) is 0 Å². The van der Waals surface area contributed by atoms with E-state index < -0.39 is 0 Å². The highest BCUT2D eigenvalue weighted by atomic mass is 32.1. The molecular formula is C9H14N2OS. The van der Waals surface area contributed by atoms with Crippen LogP contribution in [-0.2, 0) is 11.2 Å². The number of nitrogens with one attached hydrogen (secondary N) is 1. The highest BCUT2D eigenvalue weighted by molar-refractivity contribution is 7.09. The maximum absolute atomic E-state index is 10.5. The van der Waals surface area contributed by atoms with Crippen LogP contribution in [0, 0.1) is 0 Å². The molecule has 0 radical (unpaired) electrons. The van der Waals surface area contributed by atoms with Gasteiger partial charge in [0.15, 0.2) is 0 Å². The first-order valence-corrected chi connectivity index (χ1v) is 5.10. The lowest BCUT2D eigenvalue weighted by Crippen LogP contribution is -2.35. The van der Waals surface area contributed by atoms with E-state index in [4.69, 9.17) is 5.73 Å². The minimum atomic E-state index is -0.307. The molecule has 1 aromatic heterocycles. The molecule has 0 spiro atoms. The third-order valence-electron chi connectivity index (χ3n) is 1.71. The van der Waals surface area contributed by atoms with Crippen LogP contribution < -0.4 is 11.1 Å². The highest BCUT2D eigenvalue weighted by Gasteiger charge is 2.04. The van der Waals surface area contributed by atoms with Crippen LogP contribution in [-0.4, -0.2) is 18.5 Å². The van der Waals surface area contributed by atoms with Gasteiger partial charge < -0.3 is 11.1 Å². The molecule has 0 bridgehead atoms. The molecule has 1 atom stereocenters. The topological polar surface area (TPSA) is 55.1 Å². The zero-order valence-corrected chi connectivity index (χ0v) is 8.43. The van der Waals surface area contributed by atoms with Crippen LogP contribution >= 0.6 is 11.3 Å². The summed E-state index contributed by atoms with van der Waals surface area (Å²) in [7, 11) is 0. The van der Waals surface area contributed by atoms with Crippen LogP contribution in [0.3, 0.4) is 0 Å². The van der Waals surface area contributed by atoms with Crippen LogP contribution in [0.15, 0.2) is 17.5 Å². The molecule has 13 heavy (non-hydrogen) atoms. The van der Waals surface area contributed by atoms with Gasteiger partial charge in [-0.3, -0.25) is 4.79 Å². The number of thiophene rings is 1. The third-order valence-corrected chi connectivity index (χ3v) is 2.61. The van der Waals surface area contributed by atoms with Gasteiger partial charge in [-0.2, -0.15) is 0 Å². The van der Waals surface area contributed by atoms with E-state index in [-0.39, 0.29) is 12.5 Å². The van der Waals surface area contributed by atoms with E-state index in [1.54, 1.807) is 11.3 Å². The van der Waals surface area contributed by atoms with Gasteiger partial charge in [0, 0.05) is 10.9 Å². The van der Waals surface area contributed by atoms with Crippen molar-refractivity contribution in [3.05, 3.63) is 22.4 Å². The molecule has 0 aliphatic heterocycles.